The maximum Gasteiger partial charge on any atom is 0.190 e. The minimum absolute atomic E-state index is 0.702. The molecule has 0 amide bonds. The number of H-pyrrole nitrogens is 1. The molecule has 0 saturated heterocycles. The van der Waals surface area contributed by atoms with Gasteiger partial charge in [0.1, 0.15) is 5.03 Å². The lowest BCUT2D eigenvalue weighted by molar-refractivity contribution is 0.886. The van der Waals surface area contributed by atoms with E-state index in [1.54, 1.807) is 6.20 Å². The normalized spacial score (nSPS) is 10.9. The molecule has 0 spiro atoms. The van der Waals surface area contributed by atoms with Crippen LogP contribution < -0.4 is 0 Å². The molecule has 2 aromatic heterocycles. The van der Waals surface area contributed by atoms with Crippen molar-refractivity contribution in [2.45, 2.75) is 29.2 Å². The van der Waals surface area contributed by atoms with Crippen LogP contribution in [-0.2, 0) is 0 Å². The number of aromatic amines is 1. The Labute approximate surface area is 137 Å². The number of benzene rings is 1. The fourth-order valence-electron chi connectivity index (χ4n) is 2.10. The van der Waals surface area contributed by atoms with Crippen molar-refractivity contribution in [1.29, 1.82) is 0 Å². The minimum Gasteiger partial charge on any atom is -0.253 e. The highest BCUT2D eigenvalue weighted by Crippen LogP contribution is 2.26. The number of aryl methyl sites for hydroxylation is 2. The van der Waals surface area contributed by atoms with Gasteiger partial charge < -0.3 is 0 Å². The predicted octanol–water partition coefficient (Wildman–Crippen LogP) is 3.75. The summed E-state index contributed by atoms with van der Waals surface area (Å²) in [6, 6.07) is 8.17. The lowest BCUT2D eigenvalue weighted by Crippen LogP contribution is -1.87. The Kier molecular flexibility index (Phi) is 4.44. The molecule has 7 heteroatoms. The molecular formula is C15H15N5S2. The van der Waals surface area contributed by atoms with Crippen LogP contribution in [0.25, 0.3) is 11.4 Å². The molecule has 5 nitrogen and oxygen atoms in total. The number of rotatable bonds is 4. The molecule has 0 aliphatic rings. The molecule has 22 heavy (non-hydrogen) atoms. The zero-order valence-electron chi connectivity index (χ0n) is 12.5. The molecule has 2 heterocycles. The van der Waals surface area contributed by atoms with Gasteiger partial charge in [-0.25, -0.2) is 15.0 Å². The fourth-order valence-corrected chi connectivity index (χ4v) is 3.20. The van der Waals surface area contributed by atoms with Crippen LogP contribution in [0.2, 0.25) is 0 Å². The number of hydrogen-bond acceptors (Lipinski definition) is 6. The van der Waals surface area contributed by atoms with Gasteiger partial charge in [-0.2, -0.15) is 5.10 Å². The van der Waals surface area contributed by atoms with Gasteiger partial charge in [0.2, 0.25) is 0 Å². The summed E-state index contributed by atoms with van der Waals surface area (Å²) >= 11 is 2.96. The van der Waals surface area contributed by atoms with Gasteiger partial charge in [0.05, 0.1) is 0 Å². The first-order chi connectivity index (χ1) is 10.6. The SMILES string of the molecule is CSc1nccc(Sc2nc(-c3cc(C)cc(C)c3)n[nH]2)n1. The van der Waals surface area contributed by atoms with Crippen LogP contribution >= 0.6 is 23.5 Å². The van der Waals surface area contributed by atoms with Crippen LogP contribution in [0.15, 0.2) is 45.8 Å². The highest BCUT2D eigenvalue weighted by Gasteiger charge is 2.09. The Morgan fingerprint density at radius 3 is 2.55 bits per heavy atom. The molecular weight excluding hydrogens is 314 g/mol. The van der Waals surface area contributed by atoms with Crippen LogP contribution in [0.3, 0.4) is 0 Å². The minimum atomic E-state index is 0.702. The van der Waals surface area contributed by atoms with Gasteiger partial charge in [-0.3, -0.25) is 5.10 Å². The van der Waals surface area contributed by atoms with Crippen molar-refractivity contribution in [3.63, 3.8) is 0 Å². The summed E-state index contributed by atoms with van der Waals surface area (Å²) in [7, 11) is 0. The summed E-state index contributed by atoms with van der Waals surface area (Å²) in [5, 5.41) is 9.59. The molecule has 0 fully saturated rings. The molecule has 3 rings (SSSR count). The van der Waals surface area contributed by atoms with Gasteiger partial charge in [-0.05, 0) is 50.1 Å². The smallest absolute Gasteiger partial charge is 0.190 e. The van der Waals surface area contributed by atoms with E-state index in [1.807, 2.05) is 12.3 Å². The van der Waals surface area contributed by atoms with E-state index in [-0.39, 0.29) is 0 Å². The number of aromatic nitrogens is 5. The zero-order chi connectivity index (χ0) is 15.5. The second-order valence-electron chi connectivity index (χ2n) is 4.82. The summed E-state index contributed by atoms with van der Waals surface area (Å²) in [6.07, 6.45) is 3.71. The largest absolute Gasteiger partial charge is 0.253 e. The topological polar surface area (TPSA) is 67.3 Å². The molecule has 1 aromatic carbocycles. The maximum absolute atomic E-state index is 4.54. The first-order valence-electron chi connectivity index (χ1n) is 6.70. The molecule has 0 unspecified atom stereocenters. The molecule has 0 aliphatic carbocycles. The number of thioether (sulfide) groups is 1. The first kappa shape index (κ1) is 15.1. The molecule has 3 aromatic rings. The Bertz CT molecular complexity index is 780. The number of nitrogens with one attached hydrogen (secondary N) is 1. The van der Waals surface area contributed by atoms with E-state index < -0.39 is 0 Å². The number of hydrogen-bond donors (Lipinski definition) is 1. The van der Waals surface area contributed by atoms with Crippen molar-refractivity contribution in [3.8, 4) is 11.4 Å². The average molecular weight is 329 g/mol. The highest BCUT2D eigenvalue weighted by molar-refractivity contribution is 7.99. The van der Waals surface area contributed by atoms with E-state index in [4.69, 9.17) is 0 Å². The average Bonchev–Trinajstić information content (AvgIpc) is 2.95. The lowest BCUT2D eigenvalue weighted by atomic mass is 10.1. The first-order valence-corrected chi connectivity index (χ1v) is 8.74. The van der Waals surface area contributed by atoms with E-state index in [0.717, 1.165) is 20.9 Å². The van der Waals surface area contributed by atoms with Crippen molar-refractivity contribution in [3.05, 3.63) is 41.6 Å². The Hall–Kier alpha value is -1.86. The summed E-state index contributed by atoms with van der Waals surface area (Å²) in [5.41, 5.74) is 3.43. The maximum atomic E-state index is 4.54. The van der Waals surface area contributed by atoms with Crippen LogP contribution in [0, 0.1) is 13.8 Å². The Balaban J connectivity index is 1.84. The third-order valence-corrected chi connectivity index (χ3v) is 4.31. The van der Waals surface area contributed by atoms with E-state index in [9.17, 15) is 0 Å². The molecule has 0 atom stereocenters. The number of nitrogens with zero attached hydrogens (tertiary/aromatic N) is 4. The summed E-state index contributed by atoms with van der Waals surface area (Å²) in [5.74, 6) is 0.702. The summed E-state index contributed by atoms with van der Waals surface area (Å²) in [6.45, 7) is 4.15. The fraction of sp³-hybridized carbons (Fsp3) is 0.200. The van der Waals surface area contributed by atoms with Crippen molar-refractivity contribution in [2.75, 3.05) is 6.26 Å². The standard InChI is InChI=1S/C15H15N5S2/c1-9-6-10(2)8-11(7-9)13-18-15(20-19-13)22-12-4-5-16-14(17-12)21-3/h4-8H,1-3H3,(H,18,19,20). The molecule has 0 bridgehead atoms. The predicted molar refractivity (Wildman–Crippen MR) is 89.2 cm³/mol. The van der Waals surface area contributed by atoms with Crippen LogP contribution in [-0.4, -0.2) is 31.4 Å². The lowest BCUT2D eigenvalue weighted by Gasteiger charge is -2.00. The van der Waals surface area contributed by atoms with Crippen LogP contribution in [0.4, 0.5) is 0 Å². The molecule has 1 N–H and O–H groups in total. The van der Waals surface area contributed by atoms with Gasteiger partial charge in [0.25, 0.3) is 0 Å². The molecule has 112 valence electrons. The van der Waals surface area contributed by atoms with E-state index in [1.165, 1.54) is 34.7 Å². The van der Waals surface area contributed by atoms with E-state index in [2.05, 4.69) is 57.2 Å². The highest BCUT2D eigenvalue weighted by atomic mass is 32.2. The van der Waals surface area contributed by atoms with Gasteiger partial charge in [-0.15, -0.1) is 0 Å². The van der Waals surface area contributed by atoms with Gasteiger partial charge >= 0.3 is 0 Å². The van der Waals surface area contributed by atoms with E-state index in [0.29, 0.717) is 5.82 Å². The van der Waals surface area contributed by atoms with Crippen molar-refractivity contribution in [2.24, 2.45) is 0 Å². The Morgan fingerprint density at radius 1 is 1.05 bits per heavy atom. The molecule has 0 saturated carbocycles. The second-order valence-corrected chi connectivity index (χ2v) is 6.61. The summed E-state index contributed by atoms with van der Waals surface area (Å²) < 4.78 is 0. The van der Waals surface area contributed by atoms with Crippen LogP contribution in [0.5, 0.6) is 0 Å². The van der Waals surface area contributed by atoms with Gasteiger partial charge in [-0.1, -0.05) is 29.0 Å². The monoisotopic (exact) mass is 329 g/mol. The third kappa shape index (κ3) is 3.48. The molecule has 0 radical (unpaired) electrons. The molecule has 0 aliphatic heterocycles. The second kappa shape index (κ2) is 6.50. The van der Waals surface area contributed by atoms with Crippen molar-refractivity contribution in [1.82, 2.24) is 25.1 Å². The van der Waals surface area contributed by atoms with Crippen LogP contribution in [0.1, 0.15) is 11.1 Å². The third-order valence-electron chi connectivity index (χ3n) is 2.94. The van der Waals surface area contributed by atoms with E-state index >= 15 is 0 Å². The quantitative estimate of drug-likeness (QED) is 0.447. The zero-order valence-corrected chi connectivity index (χ0v) is 14.1. The Morgan fingerprint density at radius 2 is 1.82 bits per heavy atom. The van der Waals surface area contributed by atoms with Crippen molar-refractivity contribution >= 4 is 23.5 Å². The van der Waals surface area contributed by atoms with Crippen molar-refractivity contribution < 1.29 is 0 Å². The van der Waals surface area contributed by atoms with Gasteiger partial charge in [0, 0.05) is 11.8 Å². The summed E-state index contributed by atoms with van der Waals surface area (Å²) in [4.78, 5) is 13.1. The van der Waals surface area contributed by atoms with Gasteiger partial charge in [0.15, 0.2) is 16.1 Å².